The number of likely N-dealkylation sites (N-methyl/N-ethyl adjacent to an activating group) is 2. The van der Waals surface area contributed by atoms with Crippen LogP contribution in [-0.4, -0.2) is 136 Å². The first-order valence-corrected chi connectivity index (χ1v) is 23.8. The van der Waals surface area contributed by atoms with E-state index in [1.54, 1.807) is 25.3 Å². The lowest BCUT2D eigenvalue weighted by atomic mass is 9.84. The first kappa shape index (κ1) is 45.7. The number of carbonyl (C=O) groups excluding carboxylic acids is 4. The quantitative estimate of drug-likeness (QED) is 0.200. The van der Waals surface area contributed by atoms with Crippen molar-refractivity contribution in [1.82, 2.24) is 45.0 Å². The highest BCUT2D eigenvalue weighted by atomic mass is 32.1. The first-order valence-electron chi connectivity index (χ1n) is 22.9. The van der Waals surface area contributed by atoms with Crippen LogP contribution in [0.25, 0.3) is 33.4 Å². The average molecular weight is 896 g/mol. The SMILES string of the molecule is CCn1c(-c2cccnc2[C@H](C)OC)c2c3cc(ccc31)-c1csc(n1)C[C@H](NC(=O)[C@H](C(C)C)N(C)C(=O)N1CC3CCC1CN3C)C(=O)N1CCC[C@H](N1)C(=O)OCC(C)(C)C2. The van der Waals surface area contributed by atoms with Crippen molar-refractivity contribution in [3.63, 3.8) is 0 Å². The molecule has 8 bridgehead atoms. The minimum absolute atomic E-state index is 0.0961. The van der Waals surface area contributed by atoms with E-state index in [-0.39, 0.29) is 43.0 Å². The molecule has 0 radical (unpaired) electrons. The number of esters is 1. The van der Waals surface area contributed by atoms with Crippen LogP contribution < -0.4 is 10.7 Å². The number of aryl methyl sites for hydroxylation is 1. The summed E-state index contributed by atoms with van der Waals surface area (Å²) < 4.78 is 14.3. The van der Waals surface area contributed by atoms with E-state index in [2.05, 4.69) is 72.3 Å². The molecular weight excluding hydrogens is 831 g/mol. The number of hydrogen-bond acceptors (Lipinski definition) is 11. The van der Waals surface area contributed by atoms with Gasteiger partial charge in [-0.25, -0.2) is 15.2 Å². The zero-order chi connectivity index (χ0) is 45.6. The number of rotatable bonds is 8. The Morgan fingerprint density at radius 2 is 1.89 bits per heavy atom. The highest BCUT2D eigenvalue weighted by Crippen LogP contribution is 2.42. The monoisotopic (exact) mass is 895 g/mol. The predicted molar refractivity (Wildman–Crippen MR) is 247 cm³/mol. The number of cyclic esters (lactones) is 1. The Kier molecular flexibility index (Phi) is 13.2. The number of piperidine rings is 2. The number of urea groups is 1. The van der Waals surface area contributed by atoms with E-state index in [0.717, 1.165) is 64.1 Å². The molecule has 4 amide bonds. The van der Waals surface area contributed by atoms with Crippen LogP contribution >= 0.6 is 11.3 Å². The Morgan fingerprint density at radius 1 is 1.11 bits per heavy atom. The molecule has 4 aromatic rings. The fraction of sp³-hybridized carbons (Fsp3) is 0.583. The summed E-state index contributed by atoms with van der Waals surface area (Å²) in [6.45, 7) is 14.9. The summed E-state index contributed by atoms with van der Waals surface area (Å²) in [4.78, 5) is 72.9. The van der Waals surface area contributed by atoms with Crippen LogP contribution in [0.2, 0.25) is 0 Å². The van der Waals surface area contributed by atoms with Crippen molar-refractivity contribution in [3.8, 4) is 22.5 Å². The lowest BCUT2D eigenvalue weighted by Gasteiger charge is -2.51. The maximum atomic E-state index is 14.6. The van der Waals surface area contributed by atoms with Gasteiger partial charge >= 0.3 is 12.0 Å². The van der Waals surface area contributed by atoms with Crippen molar-refractivity contribution in [2.45, 2.75) is 123 Å². The molecule has 4 fully saturated rings. The number of hydrazine groups is 1. The van der Waals surface area contributed by atoms with Gasteiger partial charge < -0.3 is 29.2 Å². The van der Waals surface area contributed by atoms with Crippen LogP contribution in [0.5, 0.6) is 0 Å². The molecule has 5 aliphatic heterocycles. The van der Waals surface area contributed by atoms with Crippen molar-refractivity contribution in [2.24, 2.45) is 11.3 Å². The molecule has 6 atom stereocenters. The highest BCUT2D eigenvalue weighted by molar-refractivity contribution is 7.10. The molecule has 4 saturated heterocycles. The van der Waals surface area contributed by atoms with Crippen molar-refractivity contribution in [2.75, 3.05) is 47.4 Å². The molecule has 64 heavy (non-hydrogen) atoms. The molecule has 0 aliphatic carbocycles. The minimum atomic E-state index is -1.03. The van der Waals surface area contributed by atoms with Gasteiger partial charge in [0.05, 0.1) is 34.8 Å². The Hall–Kier alpha value is -4.90. The van der Waals surface area contributed by atoms with Crippen LogP contribution in [-0.2, 0) is 43.2 Å². The highest BCUT2D eigenvalue weighted by Gasteiger charge is 2.44. The average Bonchev–Trinajstić information content (AvgIpc) is 3.88. The maximum absolute atomic E-state index is 14.6. The molecule has 344 valence electrons. The van der Waals surface area contributed by atoms with Gasteiger partial charge in [0.25, 0.3) is 5.91 Å². The van der Waals surface area contributed by atoms with Crippen LogP contribution in [0, 0.1) is 11.3 Å². The number of fused-ring (bicyclic) bond motifs is 9. The Morgan fingerprint density at radius 3 is 2.59 bits per heavy atom. The second-order valence-corrected chi connectivity index (χ2v) is 20.3. The molecular formula is C48H65N9O6S. The number of methoxy groups -OCH3 is 1. The molecule has 1 aromatic carbocycles. The lowest BCUT2D eigenvalue weighted by molar-refractivity contribution is -0.155. The maximum Gasteiger partial charge on any atom is 0.324 e. The number of amides is 4. The number of thiazole rings is 1. The molecule has 3 aromatic heterocycles. The van der Waals surface area contributed by atoms with Gasteiger partial charge in [-0.05, 0) is 88.7 Å². The number of aromatic nitrogens is 3. The second-order valence-electron chi connectivity index (χ2n) is 19.3. The summed E-state index contributed by atoms with van der Waals surface area (Å²) >= 11 is 1.44. The summed E-state index contributed by atoms with van der Waals surface area (Å²) in [6.07, 6.45) is 5.32. The molecule has 9 rings (SSSR count). The van der Waals surface area contributed by atoms with Gasteiger partial charge in [-0.1, -0.05) is 33.8 Å². The Bertz CT molecular complexity index is 2390. The van der Waals surface area contributed by atoms with E-state index >= 15 is 0 Å². The molecule has 2 N–H and O–H groups in total. The summed E-state index contributed by atoms with van der Waals surface area (Å²) in [6, 6.07) is 8.09. The van der Waals surface area contributed by atoms with Crippen molar-refractivity contribution < 1.29 is 28.7 Å². The molecule has 5 aliphatic rings. The van der Waals surface area contributed by atoms with E-state index < -0.39 is 35.4 Å². The Balaban J connectivity index is 1.16. The standard InChI is InChI=1S/C48H65N9O6S/c1-10-55-39-18-15-30-21-34(39)35(43(55)33-13-11-19-49-41(33)29(4)62-9)23-48(5,6)27-63-46(60)36-14-12-20-57(52-36)45(59)37(22-40-50-38(30)26-64-40)51-44(58)42(28(2)3)54(8)47(61)56-25-31-16-17-32(56)24-53(31)7/h11,13,15,18-19,21,26,28-29,31-32,36-37,42,52H,10,12,14,16-17,20,22-25,27H2,1-9H3,(H,51,58)/t29-,31?,32?,36-,37-,42-/m0/s1. The van der Waals surface area contributed by atoms with E-state index in [9.17, 15) is 19.2 Å². The number of carbonyl (C=O) groups is 4. The molecule has 16 heteroatoms. The van der Waals surface area contributed by atoms with Crippen molar-refractivity contribution in [3.05, 3.63) is 58.2 Å². The number of hydrogen-bond donors (Lipinski definition) is 2. The Labute approximate surface area is 380 Å². The fourth-order valence-corrected chi connectivity index (χ4v) is 11.2. The summed E-state index contributed by atoms with van der Waals surface area (Å²) in [5.74, 6) is -1.47. The van der Waals surface area contributed by atoms with Gasteiger partial charge in [0.1, 0.15) is 18.1 Å². The van der Waals surface area contributed by atoms with Crippen molar-refractivity contribution >= 4 is 46.1 Å². The first-order chi connectivity index (χ1) is 30.6. The largest absolute Gasteiger partial charge is 0.464 e. The normalized spacial score (nSPS) is 23.8. The van der Waals surface area contributed by atoms with Crippen LogP contribution in [0.4, 0.5) is 4.79 Å². The zero-order valence-corrected chi connectivity index (χ0v) is 39.7. The fourth-order valence-electron chi connectivity index (χ4n) is 10.3. The molecule has 15 nitrogen and oxygen atoms in total. The van der Waals surface area contributed by atoms with E-state index in [1.165, 1.54) is 16.3 Å². The summed E-state index contributed by atoms with van der Waals surface area (Å²) in [5.41, 5.74) is 9.44. The second kappa shape index (κ2) is 18.5. The summed E-state index contributed by atoms with van der Waals surface area (Å²) in [5, 5.41) is 8.28. The van der Waals surface area contributed by atoms with Gasteiger partial charge in [0.15, 0.2) is 0 Å². The third-order valence-electron chi connectivity index (χ3n) is 13.8. The number of piperazine rings is 1. The minimum Gasteiger partial charge on any atom is -0.464 e. The number of ether oxygens (including phenoxy) is 2. The zero-order valence-electron chi connectivity index (χ0n) is 38.8. The number of nitrogens with one attached hydrogen (secondary N) is 2. The van der Waals surface area contributed by atoms with E-state index in [1.807, 2.05) is 37.1 Å². The van der Waals surface area contributed by atoms with Crippen LogP contribution in [0.3, 0.4) is 0 Å². The number of nitrogens with zero attached hydrogens (tertiary/aromatic N) is 7. The molecule has 0 spiro atoms. The van der Waals surface area contributed by atoms with Gasteiger partial charge in [0.2, 0.25) is 5.91 Å². The van der Waals surface area contributed by atoms with Gasteiger partial charge in [-0.2, -0.15) is 0 Å². The van der Waals surface area contributed by atoms with Gasteiger partial charge in [0, 0.05) is 97.9 Å². The van der Waals surface area contributed by atoms with E-state index in [0.29, 0.717) is 49.9 Å². The third kappa shape index (κ3) is 8.90. The number of benzene rings is 1. The molecule has 0 saturated carbocycles. The lowest BCUT2D eigenvalue weighted by Crippen LogP contribution is -2.66. The van der Waals surface area contributed by atoms with Crippen LogP contribution in [0.15, 0.2) is 41.9 Å². The molecule has 2 unspecified atom stereocenters. The molecule has 8 heterocycles. The third-order valence-corrected chi connectivity index (χ3v) is 14.7. The predicted octanol–water partition coefficient (Wildman–Crippen LogP) is 6.06. The summed E-state index contributed by atoms with van der Waals surface area (Å²) in [7, 11) is 5.49. The van der Waals surface area contributed by atoms with Gasteiger partial charge in [-0.3, -0.25) is 29.3 Å². The van der Waals surface area contributed by atoms with Crippen molar-refractivity contribution in [1.29, 1.82) is 0 Å². The topological polar surface area (TPSA) is 154 Å². The van der Waals surface area contributed by atoms with E-state index in [4.69, 9.17) is 19.4 Å². The smallest absolute Gasteiger partial charge is 0.324 e. The number of pyridine rings is 1. The van der Waals surface area contributed by atoms with Crippen LogP contribution in [0.1, 0.15) is 89.6 Å². The van der Waals surface area contributed by atoms with Gasteiger partial charge in [-0.15, -0.1) is 11.3 Å².